The van der Waals surface area contributed by atoms with Crippen molar-refractivity contribution in [1.29, 1.82) is 0 Å². The minimum absolute atomic E-state index is 0.284. The number of nitrogens with zero attached hydrogens (tertiary/aromatic N) is 4. The Morgan fingerprint density at radius 2 is 2.04 bits per heavy atom. The van der Waals surface area contributed by atoms with Crippen LogP contribution in [-0.4, -0.2) is 26.7 Å². The summed E-state index contributed by atoms with van der Waals surface area (Å²) in [5.41, 5.74) is 3.36. The molecular formula is C20H22N4OS2. The van der Waals surface area contributed by atoms with E-state index in [0.717, 1.165) is 38.3 Å². The summed E-state index contributed by atoms with van der Waals surface area (Å²) in [5, 5.41) is 11.1. The number of aryl methyl sites for hydroxylation is 2. The van der Waals surface area contributed by atoms with Crippen molar-refractivity contribution in [3.05, 3.63) is 46.1 Å². The first-order chi connectivity index (χ1) is 13.0. The highest BCUT2D eigenvalue weighted by Gasteiger charge is 2.20. The van der Waals surface area contributed by atoms with Gasteiger partial charge >= 0.3 is 0 Å². The van der Waals surface area contributed by atoms with E-state index in [1.54, 1.807) is 30.2 Å². The highest BCUT2D eigenvalue weighted by Crippen LogP contribution is 2.35. The molecule has 0 radical (unpaired) electrons. The van der Waals surface area contributed by atoms with Gasteiger partial charge in [0.25, 0.3) is 0 Å². The van der Waals surface area contributed by atoms with Crippen LogP contribution in [0.5, 0.6) is 5.75 Å². The monoisotopic (exact) mass is 398 g/mol. The van der Waals surface area contributed by atoms with Crippen LogP contribution in [0.1, 0.15) is 41.6 Å². The molecule has 4 rings (SSSR count). The van der Waals surface area contributed by atoms with Gasteiger partial charge in [-0.3, -0.25) is 4.40 Å². The average molecular weight is 399 g/mol. The zero-order valence-corrected chi connectivity index (χ0v) is 17.7. The molecule has 0 fully saturated rings. The highest BCUT2D eigenvalue weighted by atomic mass is 32.2. The second kappa shape index (κ2) is 7.13. The molecule has 0 spiro atoms. The fourth-order valence-corrected chi connectivity index (χ4v) is 5.05. The van der Waals surface area contributed by atoms with Gasteiger partial charge in [0.15, 0.2) is 10.8 Å². The smallest absolute Gasteiger partial charge is 0.197 e. The number of fused-ring (bicyclic) bond motifs is 3. The first-order valence-electron chi connectivity index (χ1n) is 8.90. The Kier molecular flexibility index (Phi) is 4.82. The van der Waals surface area contributed by atoms with E-state index < -0.39 is 0 Å². The molecule has 0 aliphatic heterocycles. The molecule has 3 heterocycles. The van der Waals surface area contributed by atoms with Crippen LogP contribution in [0.15, 0.2) is 29.4 Å². The minimum Gasteiger partial charge on any atom is -0.497 e. The molecule has 3 aromatic heterocycles. The molecule has 0 amide bonds. The summed E-state index contributed by atoms with van der Waals surface area (Å²) in [7, 11) is 1.69. The van der Waals surface area contributed by atoms with Crippen molar-refractivity contribution < 1.29 is 4.74 Å². The van der Waals surface area contributed by atoms with Gasteiger partial charge in [-0.15, -0.1) is 21.5 Å². The van der Waals surface area contributed by atoms with E-state index in [4.69, 9.17) is 9.72 Å². The SMILES string of the molecule is COc1cccc(CSc2nnc3c4c(C)c(C)sc4nc(C(C)C)n23)c1. The standard InChI is InChI=1S/C20H22N4OS2/c1-11(2)17-21-19-16(12(3)13(4)27-19)18-22-23-20(24(17)18)26-10-14-7-6-8-15(9-14)25-5/h6-9,11H,10H2,1-5H3. The molecule has 0 unspecified atom stereocenters. The first-order valence-corrected chi connectivity index (χ1v) is 10.7. The molecule has 0 aliphatic rings. The molecule has 4 aromatic rings. The second-order valence-corrected chi connectivity index (χ2v) is 9.02. The van der Waals surface area contributed by atoms with Gasteiger partial charge in [-0.05, 0) is 37.1 Å². The van der Waals surface area contributed by atoms with Crippen LogP contribution < -0.4 is 4.74 Å². The Balaban J connectivity index is 1.80. The van der Waals surface area contributed by atoms with E-state index in [0.29, 0.717) is 0 Å². The molecule has 0 aliphatic carbocycles. The van der Waals surface area contributed by atoms with Gasteiger partial charge in [-0.1, -0.05) is 37.7 Å². The Hall–Kier alpha value is -2.12. The predicted molar refractivity (Wildman–Crippen MR) is 112 cm³/mol. The number of hydrogen-bond acceptors (Lipinski definition) is 6. The fourth-order valence-electron chi connectivity index (χ4n) is 3.13. The van der Waals surface area contributed by atoms with Crippen LogP contribution in [-0.2, 0) is 5.75 Å². The number of aromatic nitrogens is 4. The maximum atomic E-state index is 5.33. The van der Waals surface area contributed by atoms with Crippen molar-refractivity contribution >= 4 is 39.0 Å². The van der Waals surface area contributed by atoms with Crippen LogP contribution in [0.4, 0.5) is 0 Å². The van der Waals surface area contributed by atoms with E-state index in [-0.39, 0.29) is 5.92 Å². The summed E-state index contributed by atoms with van der Waals surface area (Å²) >= 11 is 3.41. The molecule has 5 nitrogen and oxygen atoms in total. The van der Waals surface area contributed by atoms with Gasteiger partial charge in [0.1, 0.15) is 16.4 Å². The van der Waals surface area contributed by atoms with Crippen LogP contribution in [0.25, 0.3) is 15.9 Å². The number of thiophene rings is 1. The van der Waals surface area contributed by atoms with Crippen molar-refractivity contribution in [2.24, 2.45) is 0 Å². The van der Waals surface area contributed by atoms with Crippen molar-refractivity contribution in [2.45, 2.75) is 44.5 Å². The summed E-state index contributed by atoms with van der Waals surface area (Å²) < 4.78 is 7.46. The summed E-state index contributed by atoms with van der Waals surface area (Å²) in [6.07, 6.45) is 0. The Labute approximate surface area is 166 Å². The minimum atomic E-state index is 0.284. The lowest BCUT2D eigenvalue weighted by molar-refractivity contribution is 0.414. The molecule has 7 heteroatoms. The third-order valence-corrected chi connectivity index (χ3v) is 6.79. The van der Waals surface area contributed by atoms with E-state index in [1.807, 2.05) is 12.1 Å². The van der Waals surface area contributed by atoms with E-state index in [9.17, 15) is 0 Å². The van der Waals surface area contributed by atoms with Crippen molar-refractivity contribution in [3.8, 4) is 5.75 Å². The van der Waals surface area contributed by atoms with Gasteiger partial charge in [0.2, 0.25) is 0 Å². The second-order valence-electron chi connectivity index (χ2n) is 6.87. The number of ether oxygens (including phenoxy) is 1. The number of rotatable bonds is 5. The summed E-state index contributed by atoms with van der Waals surface area (Å²) in [4.78, 5) is 7.31. The molecule has 27 heavy (non-hydrogen) atoms. The number of hydrogen-bond donors (Lipinski definition) is 0. The molecule has 0 N–H and O–H groups in total. The van der Waals surface area contributed by atoms with Crippen LogP contribution in [0.3, 0.4) is 0 Å². The lowest BCUT2D eigenvalue weighted by Gasteiger charge is -2.10. The third-order valence-electron chi connectivity index (χ3n) is 4.69. The lowest BCUT2D eigenvalue weighted by Crippen LogP contribution is -2.04. The number of methoxy groups -OCH3 is 1. The maximum Gasteiger partial charge on any atom is 0.197 e. The molecule has 0 saturated carbocycles. The Morgan fingerprint density at radius 1 is 1.22 bits per heavy atom. The van der Waals surface area contributed by atoms with Gasteiger partial charge < -0.3 is 4.74 Å². The van der Waals surface area contributed by atoms with Crippen LogP contribution in [0.2, 0.25) is 0 Å². The average Bonchev–Trinajstić information content (AvgIpc) is 3.20. The van der Waals surface area contributed by atoms with Crippen LogP contribution in [0, 0.1) is 13.8 Å². The molecular weight excluding hydrogens is 376 g/mol. The van der Waals surface area contributed by atoms with Gasteiger partial charge in [0.05, 0.1) is 12.5 Å². The normalized spacial score (nSPS) is 11.8. The fraction of sp³-hybridized carbons (Fsp3) is 0.350. The van der Waals surface area contributed by atoms with E-state index in [1.165, 1.54) is 16.0 Å². The molecule has 0 saturated heterocycles. The molecule has 0 atom stereocenters. The lowest BCUT2D eigenvalue weighted by atomic mass is 10.2. The van der Waals surface area contributed by atoms with Crippen molar-refractivity contribution in [2.75, 3.05) is 7.11 Å². The predicted octanol–water partition coefficient (Wildman–Crippen LogP) is 5.38. The van der Waals surface area contributed by atoms with E-state index in [2.05, 4.69) is 54.4 Å². The maximum absolute atomic E-state index is 5.33. The zero-order valence-electron chi connectivity index (χ0n) is 16.1. The van der Waals surface area contributed by atoms with Gasteiger partial charge in [-0.2, -0.15) is 0 Å². The topological polar surface area (TPSA) is 52.3 Å². The molecule has 0 bridgehead atoms. The first kappa shape index (κ1) is 18.3. The highest BCUT2D eigenvalue weighted by molar-refractivity contribution is 7.98. The number of thioether (sulfide) groups is 1. The third kappa shape index (κ3) is 3.19. The number of benzene rings is 1. The van der Waals surface area contributed by atoms with Crippen molar-refractivity contribution in [3.63, 3.8) is 0 Å². The summed E-state index contributed by atoms with van der Waals surface area (Å²) in [5.74, 6) is 2.97. The Bertz CT molecular complexity index is 1130. The van der Waals surface area contributed by atoms with Crippen LogP contribution >= 0.6 is 23.1 Å². The van der Waals surface area contributed by atoms with E-state index >= 15 is 0 Å². The van der Waals surface area contributed by atoms with Crippen molar-refractivity contribution in [1.82, 2.24) is 19.6 Å². The summed E-state index contributed by atoms with van der Waals surface area (Å²) in [6, 6.07) is 8.13. The largest absolute Gasteiger partial charge is 0.497 e. The Morgan fingerprint density at radius 3 is 2.78 bits per heavy atom. The zero-order chi connectivity index (χ0) is 19.1. The summed E-state index contributed by atoms with van der Waals surface area (Å²) in [6.45, 7) is 8.61. The van der Waals surface area contributed by atoms with Gasteiger partial charge in [0, 0.05) is 16.5 Å². The quantitative estimate of drug-likeness (QED) is 0.422. The molecule has 1 aromatic carbocycles. The molecule has 140 valence electrons. The van der Waals surface area contributed by atoms with Gasteiger partial charge in [-0.25, -0.2) is 4.98 Å².